The second kappa shape index (κ2) is 7.67. The number of fused-ring (bicyclic) bond motifs is 1. The van der Waals surface area contributed by atoms with Crippen LogP contribution in [0.5, 0.6) is 17.2 Å². The fourth-order valence-corrected chi connectivity index (χ4v) is 3.23. The van der Waals surface area contributed by atoms with Gasteiger partial charge in [-0.3, -0.25) is 4.79 Å². The molecule has 0 saturated carbocycles. The Morgan fingerprint density at radius 1 is 1.28 bits per heavy atom. The van der Waals surface area contributed by atoms with Crippen molar-refractivity contribution in [1.82, 2.24) is 9.97 Å². The van der Waals surface area contributed by atoms with Crippen LogP contribution in [0.15, 0.2) is 48.7 Å². The molecule has 1 aliphatic rings. The van der Waals surface area contributed by atoms with E-state index in [1.54, 1.807) is 31.5 Å². The number of ether oxygens (including phenoxy) is 2. The van der Waals surface area contributed by atoms with E-state index in [2.05, 4.69) is 15.3 Å². The van der Waals surface area contributed by atoms with Crippen LogP contribution < -0.4 is 20.5 Å². The van der Waals surface area contributed by atoms with Gasteiger partial charge in [-0.1, -0.05) is 6.07 Å². The number of nitrogens with one attached hydrogen (secondary N) is 1. The SMILES string of the molecule is COc1ccc2c(c1)CC(C(=O)Nc1ccc(-c3ccnc(N)n3)cc1O)CO2. The number of aromatic nitrogens is 2. The lowest BCUT2D eigenvalue weighted by molar-refractivity contribution is -0.121. The summed E-state index contributed by atoms with van der Waals surface area (Å²) in [5, 5.41) is 13.1. The van der Waals surface area contributed by atoms with Crippen molar-refractivity contribution in [2.45, 2.75) is 6.42 Å². The van der Waals surface area contributed by atoms with Gasteiger partial charge in [0.25, 0.3) is 0 Å². The molecule has 2 aromatic carbocycles. The predicted octanol–water partition coefficient (Wildman–Crippen LogP) is 2.63. The molecule has 0 fully saturated rings. The summed E-state index contributed by atoms with van der Waals surface area (Å²) in [4.78, 5) is 20.7. The summed E-state index contributed by atoms with van der Waals surface area (Å²) in [5.41, 5.74) is 8.08. The average Bonchev–Trinajstić information content (AvgIpc) is 2.74. The number of benzene rings is 2. The maximum atomic E-state index is 12.7. The molecule has 1 atom stereocenters. The number of hydrogen-bond acceptors (Lipinski definition) is 7. The summed E-state index contributed by atoms with van der Waals surface area (Å²) < 4.78 is 10.9. The van der Waals surface area contributed by atoms with Crippen LogP contribution in [-0.2, 0) is 11.2 Å². The number of methoxy groups -OCH3 is 1. The van der Waals surface area contributed by atoms with Gasteiger partial charge in [0, 0.05) is 11.8 Å². The average molecular weight is 392 g/mol. The molecule has 1 aromatic heterocycles. The topological polar surface area (TPSA) is 120 Å². The molecule has 0 aliphatic carbocycles. The first-order valence-corrected chi connectivity index (χ1v) is 9.06. The minimum absolute atomic E-state index is 0.0631. The summed E-state index contributed by atoms with van der Waals surface area (Å²) in [6, 6.07) is 12.1. The molecule has 0 saturated heterocycles. The highest BCUT2D eigenvalue weighted by Gasteiger charge is 2.27. The van der Waals surface area contributed by atoms with E-state index in [9.17, 15) is 9.90 Å². The van der Waals surface area contributed by atoms with Crippen LogP contribution in [0.25, 0.3) is 11.3 Å². The molecule has 1 unspecified atom stereocenters. The van der Waals surface area contributed by atoms with E-state index in [-0.39, 0.29) is 30.1 Å². The van der Waals surface area contributed by atoms with Gasteiger partial charge in [0.15, 0.2) is 0 Å². The van der Waals surface area contributed by atoms with Crippen molar-refractivity contribution in [2.24, 2.45) is 5.92 Å². The number of nitrogens with zero attached hydrogens (tertiary/aromatic N) is 2. The normalized spacial score (nSPS) is 15.1. The Kier molecular flexibility index (Phi) is 4.90. The minimum Gasteiger partial charge on any atom is -0.506 e. The number of anilines is 2. The maximum Gasteiger partial charge on any atom is 0.231 e. The highest BCUT2D eigenvalue weighted by molar-refractivity contribution is 5.94. The number of carbonyl (C=O) groups is 1. The van der Waals surface area contributed by atoms with Crippen molar-refractivity contribution < 1.29 is 19.4 Å². The van der Waals surface area contributed by atoms with Crippen molar-refractivity contribution in [3.8, 4) is 28.5 Å². The number of amides is 1. The summed E-state index contributed by atoms with van der Waals surface area (Å²) in [5.74, 6) is 0.946. The molecule has 2 heterocycles. The molecule has 4 rings (SSSR count). The molecule has 0 spiro atoms. The maximum absolute atomic E-state index is 12.7. The first-order valence-electron chi connectivity index (χ1n) is 9.06. The van der Waals surface area contributed by atoms with Crippen molar-refractivity contribution in [3.05, 3.63) is 54.2 Å². The monoisotopic (exact) mass is 392 g/mol. The van der Waals surface area contributed by atoms with Crippen LogP contribution in [-0.4, -0.2) is 34.7 Å². The summed E-state index contributed by atoms with van der Waals surface area (Å²) in [6.07, 6.45) is 2.07. The summed E-state index contributed by atoms with van der Waals surface area (Å²) in [7, 11) is 1.60. The Hall–Kier alpha value is -3.81. The molecule has 1 amide bonds. The Balaban J connectivity index is 1.48. The molecular weight excluding hydrogens is 372 g/mol. The number of nitrogens with two attached hydrogens (primary N) is 1. The Labute approximate surface area is 167 Å². The first kappa shape index (κ1) is 18.5. The number of aromatic hydroxyl groups is 1. The lowest BCUT2D eigenvalue weighted by Crippen LogP contribution is -2.32. The third-order valence-electron chi connectivity index (χ3n) is 4.77. The molecule has 8 heteroatoms. The van der Waals surface area contributed by atoms with Gasteiger partial charge in [-0.15, -0.1) is 0 Å². The Morgan fingerprint density at radius 3 is 2.90 bits per heavy atom. The zero-order valence-electron chi connectivity index (χ0n) is 15.8. The lowest BCUT2D eigenvalue weighted by Gasteiger charge is -2.25. The van der Waals surface area contributed by atoms with Crippen LogP contribution in [0, 0.1) is 5.92 Å². The van der Waals surface area contributed by atoms with Crippen LogP contribution in [0.1, 0.15) is 5.56 Å². The fourth-order valence-electron chi connectivity index (χ4n) is 3.23. The molecule has 0 bridgehead atoms. The first-order chi connectivity index (χ1) is 14.0. The number of phenolic OH excluding ortho intramolecular Hbond substituents is 1. The highest BCUT2D eigenvalue weighted by Crippen LogP contribution is 2.33. The van der Waals surface area contributed by atoms with Gasteiger partial charge in [-0.2, -0.15) is 0 Å². The van der Waals surface area contributed by atoms with Crippen molar-refractivity contribution in [1.29, 1.82) is 0 Å². The van der Waals surface area contributed by atoms with Gasteiger partial charge in [-0.25, -0.2) is 9.97 Å². The number of carbonyl (C=O) groups excluding carboxylic acids is 1. The highest BCUT2D eigenvalue weighted by atomic mass is 16.5. The van der Waals surface area contributed by atoms with Gasteiger partial charge in [0.05, 0.1) is 24.4 Å². The quantitative estimate of drug-likeness (QED) is 0.584. The molecular formula is C21H20N4O4. The van der Waals surface area contributed by atoms with Crippen LogP contribution in [0.3, 0.4) is 0 Å². The van der Waals surface area contributed by atoms with E-state index >= 15 is 0 Å². The van der Waals surface area contributed by atoms with E-state index in [1.807, 2.05) is 18.2 Å². The largest absolute Gasteiger partial charge is 0.506 e. The van der Waals surface area contributed by atoms with E-state index in [4.69, 9.17) is 15.2 Å². The summed E-state index contributed by atoms with van der Waals surface area (Å²) >= 11 is 0. The molecule has 148 valence electrons. The number of phenols is 1. The van der Waals surface area contributed by atoms with Crippen LogP contribution in [0.2, 0.25) is 0 Å². The van der Waals surface area contributed by atoms with E-state index < -0.39 is 0 Å². The smallest absolute Gasteiger partial charge is 0.231 e. The van der Waals surface area contributed by atoms with Gasteiger partial charge in [0.1, 0.15) is 23.9 Å². The van der Waals surface area contributed by atoms with Crippen LogP contribution in [0.4, 0.5) is 11.6 Å². The van der Waals surface area contributed by atoms with Crippen LogP contribution >= 0.6 is 0 Å². The van der Waals surface area contributed by atoms with Gasteiger partial charge >= 0.3 is 0 Å². The van der Waals surface area contributed by atoms with E-state index in [1.165, 1.54) is 6.07 Å². The third kappa shape index (κ3) is 3.91. The standard InChI is InChI=1S/C21H20N4O4/c1-28-15-3-5-19-13(9-15)8-14(11-29-19)20(27)24-17-4-2-12(10-18(17)26)16-6-7-23-21(22)25-16/h2-7,9-10,14,26H,8,11H2,1H3,(H,24,27)(H2,22,23,25). The van der Waals surface area contributed by atoms with Crippen molar-refractivity contribution >= 4 is 17.5 Å². The second-order valence-electron chi connectivity index (χ2n) is 6.71. The van der Waals surface area contributed by atoms with E-state index in [0.717, 1.165) is 11.3 Å². The molecule has 1 aliphatic heterocycles. The molecule has 4 N–H and O–H groups in total. The number of rotatable bonds is 4. The Bertz CT molecular complexity index is 1070. The number of hydrogen-bond donors (Lipinski definition) is 3. The minimum atomic E-state index is -0.379. The zero-order chi connectivity index (χ0) is 20.4. The van der Waals surface area contributed by atoms with Gasteiger partial charge in [-0.05, 0) is 48.4 Å². The molecule has 3 aromatic rings. The van der Waals surface area contributed by atoms with Gasteiger partial charge in [0.2, 0.25) is 11.9 Å². The van der Waals surface area contributed by atoms with E-state index in [0.29, 0.717) is 29.1 Å². The molecule has 29 heavy (non-hydrogen) atoms. The Morgan fingerprint density at radius 2 is 2.14 bits per heavy atom. The zero-order valence-corrected chi connectivity index (χ0v) is 15.8. The van der Waals surface area contributed by atoms with Crippen molar-refractivity contribution in [3.63, 3.8) is 0 Å². The van der Waals surface area contributed by atoms with Crippen molar-refractivity contribution in [2.75, 3.05) is 24.8 Å². The predicted molar refractivity (Wildman–Crippen MR) is 108 cm³/mol. The fraction of sp³-hybridized carbons (Fsp3) is 0.190. The molecule has 8 nitrogen and oxygen atoms in total. The lowest BCUT2D eigenvalue weighted by atomic mass is 9.95. The third-order valence-corrected chi connectivity index (χ3v) is 4.77. The molecule has 0 radical (unpaired) electrons. The summed E-state index contributed by atoms with van der Waals surface area (Å²) in [6.45, 7) is 0.268. The second-order valence-corrected chi connectivity index (χ2v) is 6.71. The van der Waals surface area contributed by atoms with Gasteiger partial charge < -0.3 is 25.6 Å². The number of nitrogen functional groups attached to an aromatic ring is 1.